The van der Waals surface area contributed by atoms with Crippen LogP contribution < -0.4 is 5.32 Å². The Morgan fingerprint density at radius 1 is 1.50 bits per heavy atom. The third-order valence-electron chi connectivity index (χ3n) is 4.13. The van der Waals surface area contributed by atoms with Crippen molar-refractivity contribution in [2.75, 3.05) is 26.7 Å². The number of guanidine groups is 1. The summed E-state index contributed by atoms with van der Waals surface area (Å²) < 4.78 is 22.3. The van der Waals surface area contributed by atoms with Crippen molar-refractivity contribution < 1.29 is 9.13 Å². The summed E-state index contributed by atoms with van der Waals surface area (Å²) in [5.74, 6) is 0.493. The highest BCUT2D eigenvalue weighted by Gasteiger charge is 2.25. The summed E-state index contributed by atoms with van der Waals surface area (Å²) in [6.07, 6.45) is 3.73. The molecule has 1 N–H and O–H groups in total. The molecule has 0 amide bonds. The Hall–Kier alpha value is -1.20. The predicted molar refractivity (Wildman–Crippen MR) is 113 cm³/mol. The summed E-state index contributed by atoms with van der Waals surface area (Å²) in [6.45, 7) is 2.39. The van der Waals surface area contributed by atoms with Gasteiger partial charge in [-0.3, -0.25) is 9.67 Å². The van der Waals surface area contributed by atoms with Crippen LogP contribution >= 0.6 is 39.9 Å². The van der Waals surface area contributed by atoms with Crippen LogP contribution in [0.3, 0.4) is 0 Å². The second-order valence-electron chi connectivity index (χ2n) is 5.89. The van der Waals surface area contributed by atoms with Gasteiger partial charge in [-0.2, -0.15) is 5.10 Å². The summed E-state index contributed by atoms with van der Waals surface area (Å²) in [6, 6.07) is 5.06. The first kappa shape index (κ1) is 21.1. The molecule has 0 bridgehead atoms. The molecule has 2 heterocycles. The molecule has 3 rings (SSSR count). The third-order valence-corrected chi connectivity index (χ3v) is 4.62. The van der Waals surface area contributed by atoms with Crippen molar-refractivity contribution in [3.63, 3.8) is 0 Å². The first-order chi connectivity index (χ1) is 12.1. The van der Waals surface area contributed by atoms with Crippen LogP contribution in [-0.2, 0) is 18.3 Å². The quantitative estimate of drug-likeness (QED) is 0.371. The molecule has 6 nitrogen and oxygen atoms in total. The molecule has 0 saturated carbocycles. The molecule has 0 aliphatic carbocycles. The second-order valence-corrected chi connectivity index (χ2v) is 6.80. The lowest BCUT2D eigenvalue weighted by atomic mass is 10.1. The maximum Gasteiger partial charge on any atom is 0.194 e. The number of aromatic nitrogens is 2. The zero-order valence-corrected chi connectivity index (χ0v) is 18.6. The Balaban J connectivity index is 0.00000243. The van der Waals surface area contributed by atoms with Gasteiger partial charge in [0.15, 0.2) is 5.96 Å². The molecule has 142 valence electrons. The first-order valence-electron chi connectivity index (χ1n) is 8.06. The minimum atomic E-state index is -0.243. The smallest absolute Gasteiger partial charge is 0.194 e. The summed E-state index contributed by atoms with van der Waals surface area (Å²) in [4.78, 5) is 6.45. The molecule has 1 aromatic heterocycles. The zero-order valence-electron chi connectivity index (χ0n) is 14.7. The molecule has 1 aliphatic rings. The lowest BCUT2D eigenvalue weighted by Gasteiger charge is -2.34. The van der Waals surface area contributed by atoms with Gasteiger partial charge in [-0.15, -0.1) is 24.0 Å². The van der Waals surface area contributed by atoms with Gasteiger partial charge in [-0.25, -0.2) is 4.39 Å². The van der Waals surface area contributed by atoms with E-state index in [2.05, 4.69) is 36.2 Å². The highest BCUT2D eigenvalue weighted by molar-refractivity contribution is 14.0. The van der Waals surface area contributed by atoms with E-state index in [1.54, 1.807) is 17.8 Å². The lowest BCUT2D eigenvalue weighted by molar-refractivity contribution is -0.00805. The van der Waals surface area contributed by atoms with E-state index in [0.29, 0.717) is 25.3 Å². The van der Waals surface area contributed by atoms with Gasteiger partial charge in [-0.1, -0.05) is 22.0 Å². The van der Waals surface area contributed by atoms with Crippen LogP contribution in [0, 0.1) is 5.82 Å². The van der Waals surface area contributed by atoms with Crippen molar-refractivity contribution in [3.05, 3.63) is 52.0 Å². The van der Waals surface area contributed by atoms with E-state index in [1.807, 2.05) is 25.5 Å². The molecular weight excluding hydrogens is 516 g/mol. The minimum absolute atomic E-state index is 0. The zero-order chi connectivity index (χ0) is 17.8. The van der Waals surface area contributed by atoms with Gasteiger partial charge in [0, 0.05) is 49.0 Å². The summed E-state index contributed by atoms with van der Waals surface area (Å²) in [7, 11) is 3.62. The number of halogens is 3. The minimum Gasteiger partial charge on any atom is -0.370 e. The van der Waals surface area contributed by atoms with Crippen LogP contribution in [0.5, 0.6) is 0 Å². The fraction of sp³-hybridized carbons (Fsp3) is 0.412. The fourth-order valence-corrected chi connectivity index (χ4v) is 3.15. The molecule has 0 spiro atoms. The van der Waals surface area contributed by atoms with Gasteiger partial charge in [-0.05, 0) is 12.1 Å². The Morgan fingerprint density at radius 3 is 2.96 bits per heavy atom. The number of nitrogens with zero attached hydrogens (tertiary/aromatic N) is 4. The van der Waals surface area contributed by atoms with Crippen molar-refractivity contribution in [1.82, 2.24) is 20.0 Å². The van der Waals surface area contributed by atoms with Crippen LogP contribution in [-0.4, -0.2) is 47.4 Å². The molecule has 1 unspecified atom stereocenters. The number of morpholine rings is 1. The monoisotopic (exact) mass is 537 g/mol. The third kappa shape index (κ3) is 5.17. The number of nitrogens with one attached hydrogen (secondary N) is 1. The van der Waals surface area contributed by atoms with E-state index in [-0.39, 0.29) is 35.9 Å². The van der Waals surface area contributed by atoms with E-state index >= 15 is 0 Å². The van der Waals surface area contributed by atoms with Crippen molar-refractivity contribution >= 4 is 45.9 Å². The van der Waals surface area contributed by atoms with Gasteiger partial charge in [0.2, 0.25) is 0 Å². The molecule has 1 saturated heterocycles. The highest BCUT2D eigenvalue weighted by Crippen LogP contribution is 2.22. The number of benzene rings is 1. The van der Waals surface area contributed by atoms with E-state index < -0.39 is 0 Å². The standard InChI is InChI=1S/C17H21BrFN5O.HI/c1-20-17(21-8-12-3-4-14(18)7-15(12)19)24-5-6-25-16(11-24)13-9-22-23(2)10-13;/h3-4,7,9-10,16H,5-6,8,11H2,1-2H3,(H,20,21);1H. The average molecular weight is 538 g/mol. The normalized spacial score (nSPS) is 17.8. The lowest BCUT2D eigenvalue weighted by Crippen LogP contribution is -2.48. The molecule has 1 aliphatic heterocycles. The van der Waals surface area contributed by atoms with Gasteiger partial charge in [0.25, 0.3) is 0 Å². The molecule has 1 aromatic carbocycles. The number of ether oxygens (including phenoxy) is 1. The summed E-state index contributed by atoms with van der Waals surface area (Å²) in [5.41, 5.74) is 1.64. The largest absolute Gasteiger partial charge is 0.370 e. The van der Waals surface area contributed by atoms with Gasteiger partial charge < -0.3 is 15.0 Å². The van der Waals surface area contributed by atoms with Gasteiger partial charge in [0.05, 0.1) is 19.3 Å². The molecule has 9 heteroatoms. The number of hydrogen-bond donors (Lipinski definition) is 1. The molecule has 0 radical (unpaired) electrons. The maximum atomic E-state index is 14.0. The molecule has 2 aromatic rings. The Kier molecular flexibility index (Phi) is 7.84. The summed E-state index contributed by atoms with van der Waals surface area (Å²) in [5, 5.41) is 7.44. The Morgan fingerprint density at radius 2 is 2.31 bits per heavy atom. The first-order valence-corrected chi connectivity index (χ1v) is 8.86. The second kappa shape index (κ2) is 9.65. The van der Waals surface area contributed by atoms with E-state index in [1.165, 1.54) is 6.07 Å². The van der Waals surface area contributed by atoms with Crippen LogP contribution in [0.2, 0.25) is 0 Å². The maximum absolute atomic E-state index is 14.0. The predicted octanol–water partition coefficient (Wildman–Crippen LogP) is 3.09. The van der Waals surface area contributed by atoms with Crippen molar-refractivity contribution in [1.29, 1.82) is 0 Å². The van der Waals surface area contributed by atoms with Crippen LogP contribution in [0.15, 0.2) is 40.1 Å². The van der Waals surface area contributed by atoms with Crippen molar-refractivity contribution in [2.45, 2.75) is 12.6 Å². The fourth-order valence-electron chi connectivity index (χ4n) is 2.82. The number of hydrogen-bond acceptors (Lipinski definition) is 3. The van der Waals surface area contributed by atoms with Crippen molar-refractivity contribution in [3.8, 4) is 0 Å². The van der Waals surface area contributed by atoms with Gasteiger partial charge >= 0.3 is 0 Å². The van der Waals surface area contributed by atoms with E-state index in [9.17, 15) is 4.39 Å². The highest BCUT2D eigenvalue weighted by atomic mass is 127. The topological polar surface area (TPSA) is 54.7 Å². The summed E-state index contributed by atoms with van der Waals surface area (Å²) >= 11 is 3.27. The number of aliphatic imine (C=N–C) groups is 1. The Bertz CT molecular complexity index is 769. The Labute approximate surface area is 178 Å². The van der Waals surface area contributed by atoms with E-state index in [0.717, 1.165) is 22.5 Å². The molecule has 26 heavy (non-hydrogen) atoms. The van der Waals surface area contributed by atoms with Crippen LogP contribution in [0.4, 0.5) is 4.39 Å². The van der Waals surface area contributed by atoms with Gasteiger partial charge in [0.1, 0.15) is 11.9 Å². The van der Waals surface area contributed by atoms with Crippen LogP contribution in [0.1, 0.15) is 17.2 Å². The molecule has 1 atom stereocenters. The van der Waals surface area contributed by atoms with Crippen LogP contribution in [0.25, 0.3) is 0 Å². The molecular formula is C17H22BrFIN5O. The molecule has 1 fully saturated rings. The number of rotatable bonds is 3. The van der Waals surface area contributed by atoms with Crippen molar-refractivity contribution in [2.24, 2.45) is 12.0 Å². The van der Waals surface area contributed by atoms with E-state index in [4.69, 9.17) is 4.74 Å². The average Bonchev–Trinajstić information content (AvgIpc) is 3.04. The SMILES string of the molecule is CN=C(NCc1ccc(Br)cc1F)N1CCOC(c2cnn(C)c2)C1.I. The number of aryl methyl sites for hydroxylation is 1.